The molecule has 0 N–H and O–H groups in total. The number of hydrogen-bond donors (Lipinski definition) is 0. The van der Waals surface area contributed by atoms with Gasteiger partial charge in [-0.15, -0.1) is 0 Å². The van der Waals surface area contributed by atoms with Gasteiger partial charge in [-0.25, -0.2) is 9.15 Å². The van der Waals surface area contributed by atoms with E-state index in [1.54, 1.807) is 41.2 Å². The summed E-state index contributed by atoms with van der Waals surface area (Å²) in [4.78, 5) is 0. The first kappa shape index (κ1) is 39.6. The quantitative estimate of drug-likeness (QED) is 0.0332. The van der Waals surface area contributed by atoms with Gasteiger partial charge in [0, 0.05) is 84.8 Å². The molecule has 0 spiro atoms. The van der Waals surface area contributed by atoms with Crippen LogP contribution in [0.3, 0.4) is 0 Å². The standard InChI is InChI=1S/C22H50N2O6S6Si2/c1-11-25-37(26-12-2,27-13-3)19-17-31-21(23(7)8)33-35-36-34-22(24(9)10)32-18-20-38(28-14-4,29-15-5)30-16-6/h11-20H2,1-10H3/q+2. The van der Waals surface area contributed by atoms with Crippen LogP contribution >= 0.6 is 64.8 Å². The lowest BCUT2D eigenvalue weighted by molar-refractivity contribution is -0.458. The van der Waals surface area contributed by atoms with Crippen LogP contribution < -0.4 is 0 Å². The third kappa shape index (κ3) is 16.9. The second-order valence-corrected chi connectivity index (χ2v) is 21.6. The Morgan fingerprint density at radius 3 is 0.974 bits per heavy atom. The van der Waals surface area contributed by atoms with Crippen LogP contribution in [0.15, 0.2) is 0 Å². The van der Waals surface area contributed by atoms with Gasteiger partial charge in [0.1, 0.15) is 28.2 Å². The van der Waals surface area contributed by atoms with Crippen molar-refractivity contribution in [3.05, 3.63) is 0 Å². The monoisotopic (exact) mass is 686 g/mol. The van der Waals surface area contributed by atoms with E-state index in [4.69, 9.17) is 26.6 Å². The van der Waals surface area contributed by atoms with Gasteiger partial charge in [-0.2, -0.15) is 0 Å². The van der Waals surface area contributed by atoms with E-state index >= 15 is 0 Å². The summed E-state index contributed by atoms with van der Waals surface area (Å²) >= 11 is 3.65. The maximum absolute atomic E-state index is 6.00. The van der Waals surface area contributed by atoms with Crippen LogP contribution in [0.5, 0.6) is 0 Å². The molecule has 0 aliphatic heterocycles. The zero-order chi connectivity index (χ0) is 28.9. The second kappa shape index (κ2) is 24.1. The molecule has 0 rings (SSSR count). The van der Waals surface area contributed by atoms with Crippen molar-refractivity contribution in [1.29, 1.82) is 0 Å². The lowest BCUT2D eigenvalue weighted by atomic mass is 10.9. The minimum Gasteiger partial charge on any atom is -0.374 e. The van der Waals surface area contributed by atoms with Gasteiger partial charge < -0.3 is 26.6 Å². The first-order valence-electron chi connectivity index (χ1n) is 13.0. The molecule has 0 unspecified atom stereocenters. The largest absolute Gasteiger partial charge is 0.501 e. The highest BCUT2D eigenvalue weighted by Crippen LogP contribution is 2.47. The minimum atomic E-state index is -2.62. The van der Waals surface area contributed by atoms with Gasteiger partial charge in [-0.05, 0) is 84.7 Å². The van der Waals surface area contributed by atoms with Gasteiger partial charge >= 0.3 is 17.6 Å². The Hall–Kier alpha value is 1.63. The number of nitrogens with zero attached hydrogens (tertiary/aromatic N) is 2. The fraction of sp³-hybridized carbons (Fsp3) is 0.909. The van der Waals surface area contributed by atoms with Crippen molar-refractivity contribution in [2.45, 2.75) is 53.6 Å². The molecule has 0 aliphatic rings. The van der Waals surface area contributed by atoms with E-state index < -0.39 is 17.6 Å². The van der Waals surface area contributed by atoms with Crippen molar-refractivity contribution in [2.24, 2.45) is 0 Å². The molecule has 8 nitrogen and oxygen atoms in total. The van der Waals surface area contributed by atoms with Gasteiger partial charge in [0.05, 0.1) is 0 Å². The Labute approximate surface area is 258 Å². The summed E-state index contributed by atoms with van der Waals surface area (Å²) in [5.74, 6) is 1.78. The van der Waals surface area contributed by atoms with Crippen molar-refractivity contribution in [2.75, 3.05) is 79.3 Å². The predicted octanol–water partition coefficient (Wildman–Crippen LogP) is 6.48. The van der Waals surface area contributed by atoms with Crippen LogP contribution in [0.1, 0.15) is 41.5 Å². The normalized spacial score (nSPS) is 12.2. The summed E-state index contributed by atoms with van der Waals surface area (Å²) in [6.07, 6.45) is 0. The van der Waals surface area contributed by atoms with Gasteiger partial charge in [0.15, 0.2) is 0 Å². The Morgan fingerprint density at radius 1 is 0.500 bits per heavy atom. The van der Waals surface area contributed by atoms with E-state index in [0.717, 1.165) is 23.6 Å². The van der Waals surface area contributed by atoms with Gasteiger partial charge in [-0.1, -0.05) is 0 Å². The maximum Gasteiger partial charge on any atom is 0.501 e. The second-order valence-electron chi connectivity index (χ2n) is 7.78. The van der Waals surface area contributed by atoms with Gasteiger partial charge in [0.25, 0.3) is 8.75 Å². The smallest absolute Gasteiger partial charge is 0.374 e. The molecule has 0 saturated heterocycles. The number of hydrogen-bond acceptors (Lipinski definition) is 12. The average molecular weight is 687 g/mol. The molecule has 16 heteroatoms. The van der Waals surface area contributed by atoms with E-state index in [9.17, 15) is 0 Å². The molecule has 226 valence electrons. The van der Waals surface area contributed by atoms with Crippen molar-refractivity contribution in [3.63, 3.8) is 0 Å². The molecule has 0 atom stereocenters. The SMILES string of the molecule is CCO[Si](CCSC(SSSSC(SCC[Si](OCC)(OCC)OCC)=[N+](C)C)=[N+](C)C)(OCC)OCC. The third-order valence-corrected chi connectivity index (χ3v) is 21.1. The summed E-state index contributed by atoms with van der Waals surface area (Å²) in [5.41, 5.74) is 0. The highest BCUT2D eigenvalue weighted by atomic mass is 33.7. The number of rotatable bonds is 21. The summed E-state index contributed by atoms with van der Waals surface area (Å²) in [6.45, 7) is 15.6. The fourth-order valence-electron chi connectivity index (χ4n) is 3.07. The van der Waals surface area contributed by atoms with E-state index in [1.807, 2.05) is 65.1 Å². The Balaban J connectivity index is 4.82. The van der Waals surface area contributed by atoms with Gasteiger partial charge in [0.2, 0.25) is 0 Å². The van der Waals surface area contributed by atoms with Crippen molar-refractivity contribution in [3.8, 4) is 0 Å². The van der Waals surface area contributed by atoms with Crippen LogP contribution in [0.2, 0.25) is 12.1 Å². The molecule has 0 aromatic rings. The molecular weight excluding hydrogens is 637 g/mol. The topological polar surface area (TPSA) is 61.4 Å². The zero-order valence-electron chi connectivity index (χ0n) is 24.9. The molecule has 0 bridgehead atoms. The molecular formula is C22H50N2O6S6Si2+2. The number of thioether (sulfide) groups is 2. The van der Waals surface area contributed by atoms with Crippen LogP contribution in [0, 0.1) is 0 Å². The predicted molar refractivity (Wildman–Crippen MR) is 180 cm³/mol. The zero-order valence-corrected chi connectivity index (χ0v) is 31.8. The molecule has 0 aromatic heterocycles. The third-order valence-electron chi connectivity index (χ3n) is 4.42. The van der Waals surface area contributed by atoms with Crippen LogP contribution in [-0.2, 0) is 26.6 Å². The first-order valence-corrected chi connectivity index (χ1v) is 23.7. The molecule has 0 saturated carbocycles. The summed E-state index contributed by atoms with van der Waals surface area (Å²) in [6, 6.07) is 1.59. The Morgan fingerprint density at radius 2 is 0.763 bits per heavy atom. The lowest BCUT2D eigenvalue weighted by Gasteiger charge is -2.28. The molecule has 0 amide bonds. The highest BCUT2D eigenvalue weighted by molar-refractivity contribution is 9.30. The first-order chi connectivity index (χ1) is 18.2. The fourth-order valence-corrected chi connectivity index (χ4v) is 18.9. The van der Waals surface area contributed by atoms with Crippen LogP contribution in [0.4, 0.5) is 0 Å². The molecule has 0 fully saturated rings. The van der Waals surface area contributed by atoms with Crippen molar-refractivity contribution in [1.82, 2.24) is 0 Å². The molecule has 0 aliphatic carbocycles. The average Bonchev–Trinajstić information content (AvgIpc) is 2.85. The van der Waals surface area contributed by atoms with Crippen LogP contribution in [0.25, 0.3) is 0 Å². The van der Waals surface area contributed by atoms with E-state index in [1.165, 1.54) is 8.75 Å². The minimum absolute atomic E-state index is 0.606. The molecule has 0 heterocycles. The Kier molecular flexibility index (Phi) is 25.2. The molecule has 0 radical (unpaired) electrons. The van der Waals surface area contributed by atoms with E-state index in [-0.39, 0.29) is 0 Å². The summed E-state index contributed by atoms with van der Waals surface area (Å²) in [5, 5.41) is 0. The molecule has 38 heavy (non-hydrogen) atoms. The van der Waals surface area contributed by atoms with Gasteiger partial charge in [-0.3, -0.25) is 0 Å². The summed E-state index contributed by atoms with van der Waals surface area (Å²) < 4.78 is 42.8. The summed E-state index contributed by atoms with van der Waals surface area (Å²) in [7, 11) is 10.2. The van der Waals surface area contributed by atoms with Crippen molar-refractivity contribution < 1.29 is 35.7 Å². The van der Waals surface area contributed by atoms with Crippen molar-refractivity contribution >= 4 is 91.1 Å². The van der Waals surface area contributed by atoms with Crippen LogP contribution in [-0.4, -0.2) is 115 Å². The van der Waals surface area contributed by atoms with E-state index in [2.05, 4.69) is 37.3 Å². The maximum atomic E-state index is 6.00. The lowest BCUT2D eigenvalue weighted by Crippen LogP contribution is -2.46. The Bertz CT molecular complexity index is 599. The molecule has 0 aromatic carbocycles. The highest BCUT2D eigenvalue weighted by Gasteiger charge is 2.41. The van der Waals surface area contributed by atoms with E-state index in [0.29, 0.717) is 39.6 Å².